The Kier molecular flexibility index (Phi) is 3.88. The van der Waals surface area contributed by atoms with Crippen LogP contribution < -0.4 is 11.1 Å². The first-order valence-electron chi connectivity index (χ1n) is 5.33. The lowest BCUT2D eigenvalue weighted by Crippen LogP contribution is -2.49. The van der Waals surface area contributed by atoms with Crippen molar-refractivity contribution in [2.45, 2.75) is 19.9 Å². The second-order valence-electron chi connectivity index (χ2n) is 4.85. The van der Waals surface area contributed by atoms with Crippen LogP contribution in [0.3, 0.4) is 0 Å². The van der Waals surface area contributed by atoms with E-state index in [4.69, 9.17) is 5.73 Å². The summed E-state index contributed by atoms with van der Waals surface area (Å²) in [5.41, 5.74) is 5.72. The summed E-state index contributed by atoms with van der Waals surface area (Å²) >= 11 is 0. The van der Waals surface area contributed by atoms with Crippen molar-refractivity contribution < 1.29 is 4.79 Å². The molecule has 15 heavy (non-hydrogen) atoms. The smallest absolute Gasteiger partial charge is 0.238 e. The average Bonchev–Trinajstić information content (AvgIpc) is 2.25. The highest BCUT2D eigenvalue weighted by molar-refractivity contribution is 5.82. The van der Waals surface area contributed by atoms with Crippen LogP contribution in [0.15, 0.2) is 12.7 Å². The second kappa shape index (κ2) is 4.77. The van der Waals surface area contributed by atoms with E-state index in [1.807, 2.05) is 6.08 Å². The zero-order valence-corrected chi connectivity index (χ0v) is 9.62. The fourth-order valence-electron chi connectivity index (χ4n) is 1.94. The Morgan fingerprint density at radius 3 is 2.93 bits per heavy atom. The van der Waals surface area contributed by atoms with Gasteiger partial charge in [-0.05, 0) is 5.41 Å². The third-order valence-corrected chi connectivity index (χ3v) is 2.70. The molecule has 86 valence electrons. The molecular weight excluding hydrogens is 190 g/mol. The minimum atomic E-state index is -0.218. The lowest BCUT2D eigenvalue weighted by molar-refractivity contribution is -0.124. The van der Waals surface area contributed by atoms with Crippen LogP contribution in [0.25, 0.3) is 0 Å². The molecule has 1 aliphatic heterocycles. The molecule has 0 bridgehead atoms. The Hall–Kier alpha value is -0.870. The first-order chi connectivity index (χ1) is 7.00. The van der Waals surface area contributed by atoms with Crippen molar-refractivity contribution >= 4 is 5.91 Å². The van der Waals surface area contributed by atoms with Crippen molar-refractivity contribution in [3.8, 4) is 0 Å². The minimum absolute atomic E-state index is 0.0323. The predicted molar refractivity (Wildman–Crippen MR) is 61.4 cm³/mol. The predicted octanol–water partition coefficient (Wildman–Crippen LogP) is -0.0423. The van der Waals surface area contributed by atoms with Gasteiger partial charge in [0.25, 0.3) is 0 Å². The molecule has 0 spiro atoms. The van der Waals surface area contributed by atoms with E-state index in [9.17, 15) is 4.79 Å². The van der Waals surface area contributed by atoms with E-state index in [0.717, 1.165) is 6.54 Å². The molecule has 1 saturated heterocycles. The molecule has 0 radical (unpaired) electrons. The van der Waals surface area contributed by atoms with Gasteiger partial charge in [-0.15, -0.1) is 6.58 Å². The van der Waals surface area contributed by atoms with E-state index >= 15 is 0 Å². The third kappa shape index (κ3) is 3.04. The number of hydrogen-bond donors (Lipinski definition) is 2. The van der Waals surface area contributed by atoms with E-state index in [-0.39, 0.29) is 17.4 Å². The van der Waals surface area contributed by atoms with Crippen LogP contribution in [0.2, 0.25) is 0 Å². The number of amides is 1. The summed E-state index contributed by atoms with van der Waals surface area (Å²) in [5, 5.41) is 2.93. The van der Waals surface area contributed by atoms with Gasteiger partial charge >= 0.3 is 0 Å². The van der Waals surface area contributed by atoms with Crippen LogP contribution in [0, 0.1) is 5.41 Å². The van der Waals surface area contributed by atoms with Crippen molar-refractivity contribution in [3.05, 3.63) is 12.7 Å². The Balaban J connectivity index is 2.84. The molecule has 1 amide bonds. The van der Waals surface area contributed by atoms with Crippen molar-refractivity contribution in [1.82, 2.24) is 10.2 Å². The quantitative estimate of drug-likeness (QED) is 0.644. The number of rotatable bonds is 3. The van der Waals surface area contributed by atoms with Crippen molar-refractivity contribution in [3.63, 3.8) is 0 Å². The number of nitrogens with zero attached hydrogens (tertiary/aromatic N) is 1. The molecule has 1 atom stereocenters. The Morgan fingerprint density at radius 1 is 1.73 bits per heavy atom. The van der Waals surface area contributed by atoms with Gasteiger partial charge in [-0.3, -0.25) is 9.69 Å². The van der Waals surface area contributed by atoms with Gasteiger partial charge in [0.2, 0.25) is 5.91 Å². The van der Waals surface area contributed by atoms with Gasteiger partial charge in [0.15, 0.2) is 0 Å². The highest BCUT2D eigenvalue weighted by atomic mass is 16.2. The summed E-state index contributed by atoms with van der Waals surface area (Å²) in [6, 6.07) is -0.218. The summed E-state index contributed by atoms with van der Waals surface area (Å²) in [6.45, 7) is 10.6. The summed E-state index contributed by atoms with van der Waals surface area (Å²) in [6.07, 6.45) is 1.82. The molecule has 4 nitrogen and oxygen atoms in total. The average molecular weight is 211 g/mol. The monoisotopic (exact) mass is 211 g/mol. The SMILES string of the molecule is C=CCN1CC(C)(C)CNC(=O)C1CN. The highest BCUT2D eigenvalue weighted by Gasteiger charge is 2.33. The van der Waals surface area contributed by atoms with Crippen molar-refractivity contribution in [1.29, 1.82) is 0 Å². The molecule has 1 unspecified atom stereocenters. The van der Waals surface area contributed by atoms with E-state index in [1.165, 1.54) is 0 Å². The Morgan fingerprint density at radius 2 is 2.40 bits per heavy atom. The molecule has 1 heterocycles. The van der Waals surface area contributed by atoms with Crippen molar-refractivity contribution in [2.75, 3.05) is 26.2 Å². The Bertz CT molecular complexity index is 250. The lowest BCUT2D eigenvalue weighted by atomic mass is 9.93. The fraction of sp³-hybridized carbons (Fsp3) is 0.727. The van der Waals surface area contributed by atoms with Crippen LogP contribution in [0.4, 0.5) is 0 Å². The van der Waals surface area contributed by atoms with Crippen LogP contribution in [0.1, 0.15) is 13.8 Å². The number of hydrogen-bond acceptors (Lipinski definition) is 3. The summed E-state index contributed by atoms with van der Waals surface area (Å²) in [5.74, 6) is 0.0323. The first-order valence-corrected chi connectivity index (χ1v) is 5.33. The third-order valence-electron chi connectivity index (χ3n) is 2.70. The normalized spacial score (nSPS) is 26.9. The van der Waals surface area contributed by atoms with Gasteiger partial charge in [-0.25, -0.2) is 0 Å². The number of nitrogens with two attached hydrogens (primary N) is 1. The Labute approximate surface area is 91.5 Å². The molecule has 0 aromatic heterocycles. The maximum atomic E-state index is 11.8. The summed E-state index contributed by atoms with van der Waals surface area (Å²) in [4.78, 5) is 13.8. The minimum Gasteiger partial charge on any atom is -0.354 e. The molecule has 1 rings (SSSR count). The van der Waals surface area contributed by atoms with E-state index in [1.54, 1.807) is 0 Å². The molecule has 3 N–H and O–H groups in total. The highest BCUT2D eigenvalue weighted by Crippen LogP contribution is 2.20. The maximum Gasteiger partial charge on any atom is 0.238 e. The number of carbonyl (C=O) groups excluding carboxylic acids is 1. The van der Waals surface area contributed by atoms with E-state index < -0.39 is 0 Å². The lowest BCUT2D eigenvalue weighted by Gasteiger charge is -2.31. The largest absolute Gasteiger partial charge is 0.354 e. The van der Waals surface area contributed by atoms with Gasteiger partial charge in [-0.2, -0.15) is 0 Å². The molecule has 1 fully saturated rings. The summed E-state index contributed by atoms with van der Waals surface area (Å²) < 4.78 is 0. The van der Waals surface area contributed by atoms with Crippen LogP contribution in [0.5, 0.6) is 0 Å². The molecular formula is C11H21N3O. The van der Waals surface area contributed by atoms with Crippen LogP contribution >= 0.6 is 0 Å². The van der Waals surface area contributed by atoms with Crippen LogP contribution in [-0.2, 0) is 4.79 Å². The van der Waals surface area contributed by atoms with Gasteiger partial charge in [0, 0.05) is 26.2 Å². The molecule has 0 aromatic rings. The van der Waals surface area contributed by atoms with E-state index in [2.05, 4.69) is 30.6 Å². The van der Waals surface area contributed by atoms with Gasteiger partial charge in [0.05, 0.1) is 0 Å². The zero-order chi connectivity index (χ0) is 11.5. The number of nitrogens with one attached hydrogen (secondary N) is 1. The van der Waals surface area contributed by atoms with Crippen molar-refractivity contribution in [2.24, 2.45) is 11.1 Å². The fourth-order valence-corrected chi connectivity index (χ4v) is 1.94. The summed E-state index contributed by atoms with van der Waals surface area (Å²) in [7, 11) is 0. The second-order valence-corrected chi connectivity index (χ2v) is 4.85. The number of carbonyl (C=O) groups is 1. The van der Waals surface area contributed by atoms with Gasteiger partial charge in [-0.1, -0.05) is 19.9 Å². The van der Waals surface area contributed by atoms with Gasteiger partial charge in [0.1, 0.15) is 6.04 Å². The maximum absolute atomic E-state index is 11.8. The van der Waals surface area contributed by atoms with Crippen LogP contribution in [-0.4, -0.2) is 43.0 Å². The first kappa shape index (κ1) is 12.2. The molecule has 1 aliphatic rings. The van der Waals surface area contributed by atoms with E-state index in [0.29, 0.717) is 19.6 Å². The van der Waals surface area contributed by atoms with Gasteiger partial charge < -0.3 is 11.1 Å². The molecule has 0 aromatic carbocycles. The molecule has 0 aliphatic carbocycles. The zero-order valence-electron chi connectivity index (χ0n) is 9.62. The molecule has 4 heteroatoms. The molecule has 0 saturated carbocycles. The topological polar surface area (TPSA) is 58.4 Å². The standard InChI is InChI=1S/C11H21N3O/c1-4-5-14-8-11(2,3)7-13-10(15)9(14)6-12/h4,9H,1,5-8,12H2,2-3H3,(H,13,15).